The van der Waals surface area contributed by atoms with Crippen molar-refractivity contribution >= 4 is 17.7 Å². The van der Waals surface area contributed by atoms with Gasteiger partial charge >= 0.3 is 0 Å². The fourth-order valence-electron chi connectivity index (χ4n) is 2.70. The van der Waals surface area contributed by atoms with E-state index in [0.29, 0.717) is 11.4 Å². The number of imidazole rings is 1. The van der Waals surface area contributed by atoms with E-state index in [2.05, 4.69) is 10.3 Å². The largest absolute Gasteiger partial charge is 0.339 e. The molecule has 0 spiro atoms. The highest BCUT2D eigenvalue weighted by molar-refractivity contribution is 5.92. The van der Waals surface area contributed by atoms with Gasteiger partial charge in [-0.25, -0.2) is 4.98 Å². The number of nitro benzene ring substituents is 1. The molecule has 1 aromatic heterocycles. The van der Waals surface area contributed by atoms with Crippen LogP contribution in [0.25, 0.3) is 6.08 Å². The predicted molar refractivity (Wildman–Crippen MR) is 102 cm³/mol. The van der Waals surface area contributed by atoms with Gasteiger partial charge in [0.15, 0.2) is 0 Å². The van der Waals surface area contributed by atoms with Crippen LogP contribution in [0, 0.1) is 10.1 Å². The van der Waals surface area contributed by atoms with E-state index in [1.807, 2.05) is 48.1 Å². The van der Waals surface area contributed by atoms with Crippen LogP contribution >= 0.6 is 0 Å². The molecule has 0 saturated heterocycles. The molecule has 1 heterocycles. The summed E-state index contributed by atoms with van der Waals surface area (Å²) in [4.78, 5) is 27.2. The van der Waals surface area contributed by atoms with E-state index in [-0.39, 0.29) is 11.6 Å². The number of nitrogens with one attached hydrogen (secondary N) is 1. The normalized spacial score (nSPS) is 12.0. The molecule has 7 nitrogen and oxygen atoms in total. The first-order valence-corrected chi connectivity index (χ1v) is 8.30. The van der Waals surface area contributed by atoms with Gasteiger partial charge in [0.1, 0.15) is 11.9 Å². The second-order valence-corrected chi connectivity index (χ2v) is 5.93. The molecule has 3 aromatic rings. The van der Waals surface area contributed by atoms with Crippen LogP contribution < -0.4 is 5.32 Å². The first-order valence-electron chi connectivity index (χ1n) is 8.30. The maximum Gasteiger partial charge on any atom is 0.270 e. The molecule has 1 unspecified atom stereocenters. The van der Waals surface area contributed by atoms with Crippen molar-refractivity contribution in [3.8, 4) is 0 Å². The van der Waals surface area contributed by atoms with E-state index in [1.165, 1.54) is 18.2 Å². The number of aromatic nitrogens is 2. The van der Waals surface area contributed by atoms with Gasteiger partial charge in [-0.3, -0.25) is 14.9 Å². The van der Waals surface area contributed by atoms with Crippen molar-refractivity contribution < 1.29 is 9.72 Å². The van der Waals surface area contributed by atoms with Gasteiger partial charge in [0.25, 0.3) is 5.69 Å². The fourth-order valence-corrected chi connectivity index (χ4v) is 2.70. The van der Waals surface area contributed by atoms with E-state index in [0.717, 1.165) is 5.56 Å². The zero-order chi connectivity index (χ0) is 19.2. The Hall–Kier alpha value is -3.74. The van der Waals surface area contributed by atoms with Crippen molar-refractivity contribution in [1.82, 2.24) is 14.9 Å². The summed E-state index contributed by atoms with van der Waals surface area (Å²) in [5.41, 5.74) is 1.46. The Morgan fingerprint density at radius 2 is 2.00 bits per heavy atom. The monoisotopic (exact) mass is 362 g/mol. The number of carbonyl (C=O) groups is 1. The van der Waals surface area contributed by atoms with Crippen LogP contribution in [0.15, 0.2) is 73.1 Å². The number of nitrogens with zero attached hydrogens (tertiary/aromatic N) is 3. The van der Waals surface area contributed by atoms with Gasteiger partial charge < -0.3 is 9.88 Å². The maximum atomic E-state index is 12.5. The summed E-state index contributed by atoms with van der Waals surface area (Å²) in [5, 5.41) is 13.8. The minimum absolute atomic E-state index is 0.0206. The van der Waals surface area contributed by atoms with Crippen LogP contribution in [0.5, 0.6) is 0 Å². The van der Waals surface area contributed by atoms with Crippen LogP contribution in [-0.2, 0) is 11.8 Å². The molecule has 0 bridgehead atoms. The number of amides is 1. The predicted octanol–water partition coefficient (Wildman–Crippen LogP) is 3.25. The molecule has 0 saturated carbocycles. The number of non-ortho nitro benzene ring substituents is 1. The number of hydrogen-bond acceptors (Lipinski definition) is 4. The molecular weight excluding hydrogens is 344 g/mol. The highest BCUT2D eigenvalue weighted by atomic mass is 16.6. The van der Waals surface area contributed by atoms with Gasteiger partial charge in [-0.15, -0.1) is 0 Å². The quantitative estimate of drug-likeness (QED) is 0.414. The summed E-state index contributed by atoms with van der Waals surface area (Å²) in [7, 11) is 1.86. The second kappa shape index (κ2) is 8.09. The summed E-state index contributed by atoms with van der Waals surface area (Å²) in [6.07, 6.45) is 6.40. The van der Waals surface area contributed by atoms with Crippen molar-refractivity contribution in [2.45, 2.75) is 6.04 Å². The Morgan fingerprint density at radius 1 is 1.22 bits per heavy atom. The molecule has 7 heteroatoms. The summed E-state index contributed by atoms with van der Waals surface area (Å²) in [6.45, 7) is 0. The van der Waals surface area contributed by atoms with Gasteiger partial charge in [-0.05, 0) is 17.2 Å². The Balaban J connectivity index is 1.80. The molecule has 1 amide bonds. The third kappa shape index (κ3) is 4.46. The lowest BCUT2D eigenvalue weighted by Crippen LogP contribution is -2.29. The van der Waals surface area contributed by atoms with Gasteiger partial charge in [-0.1, -0.05) is 42.5 Å². The fraction of sp³-hybridized carbons (Fsp3) is 0.100. The molecule has 0 aliphatic rings. The minimum Gasteiger partial charge on any atom is -0.339 e. The highest BCUT2D eigenvalue weighted by Gasteiger charge is 2.19. The van der Waals surface area contributed by atoms with Crippen molar-refractivity contribution in [2.24, 2.45) is 7.05 Å². The molecule has 0 aliphatic carbocycles. The van der Waals surface area contributed by atoms with Crippen LogP contribution in [0.3, 0.4) is 0 Å². The van der Waals surface area contributed by atoms with Crippen LogP contribution in [-0.4, -0.2) is 20.4 Å². The van der Waals surface area contributed by atoms with E-state index >= 15 is 0 Å². The molecule has 1 atom stereocenters. The zero-order valence-corrected chi connectivity index (χ0v) is 14.6. The van der Waals surface area contributed by atoms with Crippen molar-refractivity contribution in [3.05, 3.63) is 100 Å². The average Bonchev–Trinajstić information content (AvgIpc) is 3.11. The lowest BCUT2D eigenvalue weighted by molar-refractivity contribution is -0.384. The van der Waals surface area contributed by atoms with Gasteiger partial charge in [0.05, 0.1) is 4.92 Å². The van der Waals surface area contributed by atoms with Gasteiger partial charge in [0, 0.05) is 37.7 Å². The van der Waals surface area contributed by atoms with Crippen molar-refractivity contribution in [1.29, 1.82) is 0 Å². The molecule has 1 N–H and O–H groups in total. The molecule has 3 rings (SSSR count). The molecular formula is C20H18N4O3. The first-order chi connectivity index (χ1) is 13.0. The Kier molecular flexibility index (Phi) is 5.41. The van der Waals surface area contributed by atoms with Crippen LogP contribution in [0.4, 0.5) is 5.69 Å². The standard InChI is InChI=1S/C20H18N4O3/c1-23-13-12-21-20(23)19(16-7-3-2-4-8-16)22-18(25)11-10-15-6-5-9-17(14-15)24(26)27/h2-14,19H,1H3,(H,22,25)/b11-10+. The van der Waals surface area contributed by atoms with E-state index in [1.54, 1.807) is 24.4 Å². The SMILES string of the molecule is Cn1ccnc1C(NC(=O)/C=C/c1cccc([N+](=O)[O-])c1)c1ccccc1. The van der Waals surface area contributed by atoms with Gasteiger partial charge in [0.2, 0.25) is 5.91 Å². The molecule has 0 fully saturated rings. The molecule has 0 aliphatic heterocycles. The number of nitro groups is 1. The molecule has 0 radical (unpaired) electrons. The first kappa shape index (κ1) is 18.1. The number of carbonyl (C=O) groups excluding carboxylic acids is 1. The number of aryl methyl sites for hydroxylation is 1. The van der Waals surface area contributed by atoms with E-state index < -0.39 is 11.0 Å². The lowest BCUT2D eigenvalue weighted by Gasteiger charge is -2.18. The lowest BCUT2D eigenvalue weighted by atomic mass is 10.1. The third-order valence-electron chi connectivity index (χ3n) is 4.04. The summed E-state index contributed by atoms with van der Waals surface area (Å²) >= 11 is 0. The van der Waals surface area contributed by atoms with E-state index in [9.17, 15) is 14.9 Å². The molecule has 27 heavy (non-hydrogen) atoms. The topological polar surface area (TPSA) is 90.1 Å². The summed E-state index contributed by atoms with van der Waals surface area (Å²) in [5.74, 6) is 0.386. The number of hydrogen-bond donors (Lipinski definition) is 1. The second-order valence-electron chi connectivity index (χ2n) is 5.93. The minimum atomic E-state index is -0.468. The van der Waals surface area contributed by atoms with E-state index in [4.69, 9.17) is 0 Å². The molecule has 2 aromatic carbocycles. The smallest absolute Gasteiger partial charge is 0.270 e. The Labute approximate surface area is 156 Å². The van der Waals surface area contributed by atoms with Crippen LogP contribution in [0.1, 0.15) is 23.0 Å². The number of benzene rings is 2. The zero-order valence-electron chi connectivity index (χ0n) is 14.6. The van der Waals surface area contributed by atoms with Gasteiger partial charge in [-0.2, -0.15) is 0 Å². The summed E-state index contributed by atoms with van der Waals surface area (Å²) < 4.78 is 1.85. The molecule has 136 valence electrons. The maximum absolute atomic E-state index is 12.5. The van der Waals surface area contributed by atoms with Crippen LogP contribution in [0.2, 0.25) is 0 Å². The third-order valence-corrected chi connectivity index (χ3v) is 4.04. The Bertz CT molecular complexity index is 980. The van der Waals surface area contributed by atoms with Crippen molar-refractivity contribution in [2.75, 3.05) is 0 Å². The summed E-state index contributed by atoms with van der Waals surface area (Å²) in [6, 6.07) is 15.2. The average molecular weight is 362 g/mol. The van der Waals surface area contributed by atoms with Crippen molar-refractivity contribution in [3.63, 3.8) is 0 Å². The number of rotatable bonds is 6. The highest BCUT2D eigenvalue weighted by Crippen LogP contribution is 2.20. The Morgan fingerprint density at radius 3 is 2.67 bits per heavy atom.